The van der Waals surface area contributed by atoms with E-state index in [4.69, 9.17) is 4.99 Å². The molecular formula is C18H35IN4. The summed E-state index contributed by atoms with van der Waals surface area (Å²) in [6.45, 7) is 11.0. The molecule has 1 heterocycles. The van der Waals surface area contributed by atoms with Crippen LogP contribution in [0.4, 0.5) is 0 Å². The molecule has 1 unspecified atom stereocenters. The molecule has 0 amide bonds. The van der Waals surface area contributed by atoms with Crippen molar-refractivity contribution in [2.24, 2.45) is 10.9 Å². The van der Waals surface area contributed by atoms with Crippen molar-refractivity contribution in [2.75, 3.05) is 26.2 Å². The minimum Gasteiger partial charge on any atom is -0.357 e. The Kier molecular flexibility index (Phi) is 10.2. The highest BCUT2D eigenvalue weighted by atomic mass is 127. The first-order valence-corrected chi connectivity index (χ1v) is 9.13. The van der Waals surface area contributed by atoms with Crippen molar-refractivity contribution in [3.63, 3.8) is 0 Å². The first-order chi connectivity index (χ1) is 10.7. The summed E-state index contributed by atoms with van der Waals surface area (Å²) in [7, 11) is 0. The second-order valence-electron chi connectivity index (χ2n) is 6.92. The summed E-state index contributed by atoms with van der Waals surface area (Å²) in [5.74, 6) is 1.74. The van der Waals surface area contributed by atoms with Crippen molar-refractivity contribution in [1.82, 2.24) is 15.5 Å². The smallest absolute Gasteiger partial charge is 0.191 e. The van der Waals surface area contributed by atoms with Crippen LogP contribution in [0.2, 0.25) is 0 Å². The van der Waals surface area contributed by atoms with Gasteiger partial charge in [0.05, 0.1) is 0 Å². The Hall–Kier alpha value is -0.300. The maximum Gasteiger partial charge on any atom is 0.191 e. The third-order valence-electron chi connectivity index (χ3n) is 4.83. The zero-order chi connectivity index (χ0) is 15.8. The summed E-state index contributed by atoms with van der Waals surface area (Å²) < 4.78 is 0. The van der Waals surface area contributed by atoms with Crippen LogP contribution in [-0.2, 0) is 0 Å². The van der Waals surface area contributed by atoms with Crippen LogP contribution >= 0.6 is 24.0 Å². The van der Waals surface area contributed by atoms with Crippen LogP contribution in [0.15, 0.2) is 17.1 Å². The van der Waals surface area contributed by atoms with Gasteiger partial charge in [0.25, 0.3) is 0 Å². The summed E-state index contributed by atoms with van der Waals surface area (Å²) in [4.78, 5) is 7.40. The molecular weight excluding hydrogens is 399 g/mol. The number of guanidine groups is 1. The van der Waals surface area contributed by atoms with Crippen molar-refractivity contribution < 1.29 is 0 Å². The second kappa shape index (κ2) is 11.3. The largest absolute Gasteiger partial charge is 0.357 e. The maximum atomic E-state index is 4.83. The third kappa shape index (κ3) is 7.42. The van der Waals surface area contributed by atoms with E-state index in [-0.39, 0.29) is 24.0 Å². The lowest BCUT2D eigenvalue weighted by atomic mass is 9.95. The molecule has 0 radical (unpaired) electrons. The number of rotatable bonds is 5. The van der Waals surface area contributed by atoms with Crippen molar-refractivity contribution >= 4 is 29.9 Å². The van der Waals surface area contributed by atoms with E-state index < -0.39 is 0 Å². The monoisotopic (exact) mass is 434 g/mol. The van der Waals surface area contributed by atoms with Gasteiger partial charge in [-0.05, 0) is 58.8 Å². The fourth-order valence-corrected chi connectivity index (χ4v) is 3.32. The van der Waals surface area contributed by atoms with Gasteiger partial charge in [-0.25, -0.2) is 0 Å². The summed E-state index contributed by atoms with van der Waals surface area (Å²) in [6.07, 6.45) is 10.7. The molecule has 23 heavy (non-hydrogen) atoms. The Morgan fingerprint density at radius 2 is 1.96 bits per heavy atom. The molecule has 1 fully saturated rings. The molecule has 1 saturated heterocycles. The first kappa shape index (κ1) is 20.7. The number of hydrogen-bond acceptors (Lipinski definition) is 2. The lowest BCUT2D eigenvalue weighted by Gasteiger charge is -2.35. The van der Waals surface area contributed by atoms with Crippen molar-refractivity contribution in [2.45, 2.75) is 65.0 Å². The van der Waals surface area contributed by atoms with Crippen LogP contribution in [-0.4, -0.2) is 49.1 Å². The molecule has 1 aliphatic heterocycles. The maximum absolute atomic E-state index is 4.83. The number of aliphatic imine (C=N–C) groups is 1. The first-order valence-electron chi connectivity index (χ1n) is 9.13. The van der Waals surface area contributed by atoms with E-state index >= 15 is 0 Å². The fraction of sp³-hybridized carbons (Fsp3) is 0.833. The molecule has 2 aliphatic rings. The molecule has 2 N–H and O–H groups in total. The van der Waals surface area contributed by atoms with Gasteiger partial charge < -0.3 is 15.5 Å². The molecule has 0 saturated carbocycles. The molecule has 0 aromatic carbocycles. The topological polar surface area (TPSA) is 39.7 Å². The van der Waals surface area contributed by atoms with E-state index in [2.05, 4.69) is 48.5 Å². The molecule has 0 aromatic rings. The van der Waals surface area contributed by atoms with Crippen LogP contribution in [0.5, 0.6) is 0 Å². The number of likely N-dealkylation sites (tertiary alicyclic amines) is 1. The van der Waals surface area contributed by atoms with E-state index in [1.54, 1.807) is 0 Å². The Morgan fingerprint density at radius 3 is 2.52 bits per heavy atom. The van der Waals surface area contributed by atoms with E-state index in [1.165, 1.54) is 45.2 Å². The Morgan fingerprint density at radius 1 is 1.22 bits per heavy atom. The standard InChI is InChI=1S/C18H34N4.HI/c1-4-19-18(20-14-16-8-6-5-7-9-16)21-17-10-12-22(13-11-17)15(2)3;/h5-6,15-17H,4,7-14H2,1-3H3,(H2,19,20,21);1H. The lowest BCUT2D eigenvalue weighted by molar-refractivity contribution is 0.167. The quantitative estimate of drug-likeness (QED) is 0.302. The normalized spacial score (nSPS) is 23.7. The number of nitrogens with one attached hydrogen (secondary N) is 2. The second-order valence-corrected chi connectivity index (χ2v) is 6.92. The molecule has 134 valence electrons. The highest BCUT2D eigenvalue weighted by Crippen LogP contribution is 2.18. The van der Waals surface area contributed by atoms with Crippen LogP contribution < -0.4 is 10.6 Å². The Bertz CT molecular complexity index is 373. The summed E-state index contributed by atoms with van der Waals surface area (Å²) in [5.41, 5.74) is 0. The fourth-order valence-electron chi connectivity index (χ4n) is 3.32. The van der Waals surface area contributed by atoms with Gasteiger partial charge in [-0.2, -0.15) is 0 Å². The number of allylic oxidation sites excluding steroid dienone is 2. The average molecular weight is 434 g/mol. The third-order valence-corrected chi connectivity index (χ3v) is 4.83. The highest BCUT2D eigenvalue weighted by molar-refractivity contribution is 14.0. The minimum atomic E-state index is 0. The van der Waals surface area contributed by atoms with Gasteiger partial charge in [-0.15, -0.1) is 24.0 Å². The molecule has 1 aliphatic carbocycles. The van der Waals surface area contributed by atoms with E-state index in [0.29, 0.717) is 12.1 Å². The van der Waals surface area contributed by atoms with Gasteiger partial charge in [-0.3, -0.25) is 4.99 Å². The SMILES string of the molecule is CCNC(=NCC1CC=CCC1)NC1CCN(C(C)C)CC1.I. The van der Waals surface area contributed by atoms with Crippen molar-refractivity contribution in [3.8, 4) is 0 Å². The predicted octanol–water partition coefficient (Wildman–Crippen LogP) is 3.39. The molecule has 4 nitrogen and oxygen atoms in total. The Labute approximate surface area is 159 Å². The zero-order valence-electron chi connectivity index (χ0n) is 15.1. The summed E-state index contributed by atoms with van der Waals surface area (Å²) >= 11 is 0. The van der Waals surface area contributed by atoms with Gasteiger partial charge in [0, 0.05) is 38.3 Å². The average Bonchev–Trinajstić information content (AvgIpc) is 2.54. The minimum absolute atomic E-state index is 0. The molecule has 0 aromatic heterocycles. The molecule has 5 heteroatoms. The summed E-state index contributed by atoms with van der Waals surface area (Å²) in [6, 6.07) is 1.24. The van der Waals surface area contributed by atoms with E-state index in [9.17, 15) is 0 Å². The van der Waals surface area contributed by atoms with E-state index in [0.717, 1.165) is 25.0 Å². The van der Waals surface area contributed by atoms with Crippen molar-refractivity contribution in [3.05, 3.63) is 12.2 Å². The van der Waals surface area contributed by atoms with Gasteiger partial charge >= 0.3 is 0 Å². The highest BCUT2D eigenvalue weighted by Gasteiger charge is 2.21. The van der Waals surface area contributed by atoms with Crippen LogP contribution in [0.25, 0.3) is 0 Å². The van der Waals surface area contributed by atoms with Gasteiger partial charge in [0.1, 0.15) is 0 Å². The Balaban J connectivity index is 0.00000264. The molecule has 1 atom stereocenters. The number of halogens is 1. The molecule has 0 bridgehead atoms. The summed E-state index contributed by atoms with van der Waals surface area (Å²) in [5, 5.41) is 7.06. The lowest BCUT2D eigenvalue weighted by Crippen LogP contribution is -2.50. The van der Waals surface area contributed by atoms with Gasteiger partial charge in [0.15, 0.2) is 5.96 Å². The number of nitrogens with zero attached hydrogens (tertiary/aromatic N) is 2. The van der Waals surface area contributed by atoms with Crippen molar-refractivity contribution in [1.29, 1.82) is 0 Å². The number of hydrogen-bond donors (Lipinski definition) is 2. The van der Waals surface area contributed by atoms with E-state index in [1.807, 2.05) is 0 Å². The molecule has 0 spiro atoms. The molecule has 2 rings (SSSR count). The zero-order valence-corrected chi connectivity index (χ0v) is 17.4. The van der Waals surface area contributed by atoms with Crippen LogP contribution in [0.3, 0.4) is 0 Å². The van der Waals surface area contributed by atoms with Crippen LogP contribution in [0.1, 0.15) is 52.9 Å². The van der Waals surface area contributed by atoms with Gasteiger partial charge in [-0.1, -0.05) is 12.2 Å². The van der Waals surface area contributed by atoms with Crippen LogP contribution in [0, 0.1) is 5.92 Å². The van der Waals surface area contributed by atoms with Gasteiger partial charge in [0.2, 0.25) is 0 Å². The number of piperidine rings is 1. The predicted molar refractivity (Wildman–Crippen MR) is 111 cm³/mol.